The van der Waals surface area contributed by atoms with Gasteiger partial charge in [-0.25, -0.2) is 27.2 Å². The van der Waals surface area contributed by atoms with E-state index in [0.29, 0.717) is 10.9 Å². The summed E-state index contributed by atoms with van der Waals surface area (Å²) in [7, 11) is -1.66. The van der Waals surface area contributed by atoms with Crippen LogP contribution in [0, 0.1) is 11.6 Å². The molecule has 0 bridgehead atoms. The number of ketones is 1. The molecular formula is C31H35F2N5O3S. The van der Waals surface area contributed by atoms with Crippen LogP contribution >= 0.6 is 0 Å². The zero-order valence-corrected chi connectivity index (χ0v) is 24.8. The van der Waals surface area contributed by atoms with Gasteiger partial charge in [0.2, 0.25) is 0 Å². The molecule has 0 saturated carbocycles. The Labute approximate surface area is 244 Å². The molecule has 1 atom stereocenters. The number of hydrogen-bond donors (Lipinski definition) is 1. The van der Waals surface area contributed by atoms with E-state index in [9.17, 15) is 17.6 Å². The standard InChI is InChI=1S/C31H35F2N5O3S/c1-4-25(38-13-7-12-37(2)14-15-38)26(39)16-21-9-5-10-22-23(18-35-30(21)22)31-24(32)19-34-28(36-31)17-20-8-6-11-27(29(20)33)42(3,40)41/h5-6,8-11,18-19,25,35H,4,7,12-17H2,1-3H3/t25-/m0/s1. The van der Waals surface area contributed by atoms with E-state index in [2.05, 4.69) is 31.8 Å². The highest BCUT2D eigenvalue weighted by Crippen LogP contribution is 2.32. The molecule has 11 heteroatoms. The molecule has 8 nitrogen and oxygen atoms in total. The second-order valence-corrected chi connectivity index (χ2v) is 12.9. The number of hydrogen-bond acceptors (Lipinski definition) is 7. The number of halogens is 2. The predicted octanol–water partition coefficient (Wildman–Crippen LogP) is 4.43. The van der Waals surface area contributed by atoms with Crippen molar-refractivity contribution < 1.29 is 22.0 Å². The first-order valence-electron chi connectivity index (χ1n) is 14.1. The van der Waals surface area contributed by atoms with Crippen molar-refractivity contribution in [3.05, 3.63) is 77.4 Å². The minimum Gasteiger partial charge on any atom is -0.360 e. The van der Waals surface area contributed by atoms with Gasteiger partial charge in [0.15, 0.2) is 21.4 Å². The number of aromatic nitrogens is 3. The molecular weight excluding hydrogens is 560 g/mol. The normalized spacial score (nSPS) is 16.0. The average molecular weight is 596 g/mol. The number of carbonyl (C=O) groups excluding carboxylic acids is 1. The number of Topliss-reactive ketones (excluding diaryl/α,β-unsaturated/α-hetero) is 1. The molecule has 1 aliphatic rings. The number of rotatable bonds is 9. The third kappa shape index (κ3) is 6.28. The number of carbonyl (C=O) groups is 1. The zero-order chi connectivity index (χ0) is 30.0. The lowest BCUT2D eigenvalue weighted by Gasteiger charge is -2.28. The Morgan fingerprint density at radius 3 is 2.60 bits per heavy atom. The van der Waals surface area contributed by atoms with Crippen LogP contribution in [0.25, 0.3) is 22.2 Å². The number of sulfone groups is 1. The van der Waals surface area contributed by atoms with Gasteiger partial charge in [0.25, 0.3) is 0 Å². The summed E-state index contributed by atoms with van der Waals surface area (Å²) in [4.78, 5) is 29.3. The van der Waals surface area contributed by atoms with Crippen LogP contribution < -0.4 is 0 Å². The van der Waals surface area contributed by atoms with E-state index in [0.717, 1.165) is 62.6 Å². The summed E-state index contributed by atoms with van der Waals surface area (Å²) in [5, 5.41) is 0.707. The topological polar surface area (TPSA) is 99.3 Å². The van der Waals surface area contributed by atoms with Gasteiger partial charge in [0.05, 0.1) is 12.2 Å². The monoisotopic (exact) mass is 595 g/mol. The second-order valence-electron chi connectivity index (χ2n) is 11.0. The predicted molar refractivity (Wildman–Crippen MR) is 158 cm³/mol. The van der Waals surface area contributed by atoms with E-state index in [1.807, 2.05) is 25.1 Å². The average Bonchev–Trinajstić information content (AvgIpc) is 3.27. The summed E-state index contributed by atoms with van der Waals surface area (Å²) in [6.45, 7) is 5.75. The minimum atomic E-state index is -3.76. The van der Waals surface area contributed by atoms with E-state index in [-0.39, 0.29) is 41.7 Å². The summed E-state index contributed by atoms with van der Waals surface area (Å²) in [5.41, 5.74) is 2.18. The fourth-order valence-electron chi connectivity index (χ4n) is 5.76. The highest BCUT2D eigenvalue weighted by Gasteiger charge is 2.27. The van der Waals surface area contributed by atoms with Crippen molar-refractivity contribution in [3.63, 3.8) is 0 Å². The molecule has 4 aromatic rings. The molecule has 1 saturated heterocycles. The molecule has 3 heterocycles. The maximum Gasteiger partial charge on any atom is 0.178 e. The van der Waals surface area contributed by atoms with Gasteiger partial charge in [-0.1, -0.05) is 37.3 Å². The Hall–Kier alpha value is -3.54. The minimum absolute atomic E-state index is 0.0366. The van der Waals surface area contributed by atoms with Crippen molar-refractivity contribution in [2.45, 2.75) is 43.5 Å². The van der Waals surface area contributed by atoms with Gasteiger partial charge >= 0.3 is 0 Å². The number of benzene rings is 2. The van der Waals surface area contributed by atoms with Crippen LogP contribution in [0.2, 0.25) is 0 Å². The molecule has 1 aliphatic heterocycles. The molecule has 222 valence electrons. The lowest BCUT2D eigenvalue weighted by molar-refractivity contribution is -0.123. The maximum absolute atomic E-state index is 15.1. The van der Waals surface area contributed by atoms with Gasteiger partial charge in [0, 0.05) is 61.4 Å². The third-order valence-electron chi connectivity index (χ3n) is 7.96. The molecule has 42 heavy (non-hydrogen) atoms. The first kappa shape index (κ1) is 29.9. The lowest BCUT2D eigenvalue weighted by Crippen LogP contribution is -2.43. The van der Waals surface area contributed by atoms with E-state index in [4.69, 9.17) is 0 Å². The van der Waals surface area contributed by atoms with Crippen LogP contribution in [0.1, 0.15) is 36.7 Å². The summed E-state index contributed by atoms with van der Waals surface area (Å²) in [6, 6.07) is 9.54. The highest BCUT2D eigenvalue weighted by atomic mass is 32.2. The van der Waals surface area contributed by atoms with Crippen molar-refractivity contribution in [2.24, 2.45) is 0 Å². The van der Waals surface area contributed by atoms with Crippen molar-refractivity contribution in [3.8, 4) is 11.3 Å². The Morgan fingerprint density at radius 2 is 1.83 bits per heavy atom. The smallest absolute Gasteiger partial charge is 0.178 e. The molecule has 0 aliphatic carbocycles. The fourth-order valence-corrected chi connectivity index (χ4v) is 6.54. The van der Waals surface area contributed by atoms with E-state index >= 15 is 4.39 Å². The van der Waals surface area contributed by atoms with Crippen LogP contribution in [0.5, 0.6) is 0 Å². The van der Waals surface area contributed by atoms with Gasteiger partial charge in [-0.3, -0.25) is 9.69 Å². The first-order chi connectivity index (χ1) is 20.1. The van der Waals surface area contributed by atoms with Crippen LogP contribution in [0.4, 0.5) is 8.78 Å². The van der Waals surface area contributed by atoms with Crippen molar-refractivity contribution in [2.75, 3.05) is 39.5 Å². The number of nitrogens with zero attached hydrogens (tertiary/aromatic N) is 4. The van der Waals surface area contributed by atoms with E-state index < -0.39 is 26.4 Å². The van der Waals surface area contributed by atoms with Crippen molar-refractivity contribution in [1.82, 2.24) is 24.8 Å². The molecule has 5 rings (SSSR count). The molecule has 2 aromatic heterocycles. The second kappa shape index (κ2) is 12.4. The molecule has 2 aromatic carbocycles. The SMILES string of the molecule is CC[C@@H](C(=O)Cc1cccc2c(-c3nc(Cc4cccc(S(C)(=O)=O)c4F)ncc3F)c[nH]c12)N1CCCN(C)CC1. The number of fused-ring (bicyclic) bond motifs is 1. The van der Waals surface area contributed by atoms with Gasteiger partial charge in [0.1, 0.15) is 22.2 Å². The van der Waals surface area contributed by atoms with Gasteiger partial charge in [-0.15, -0.1) is 0 Å². The number of nitrogens with one attached hydrogen (secondary N) is 1. The number of likely N-dealkylation sites (N-methyl/N-ethyl adjacent to an activating group) is 1. The molecule has 0 spiro atoms. The zero-order valence-electron chi connectivity index (χ0n) is 24.0. The largest absolute Gasteiger partial charge is 0.360 e. The van der Waals surface area contributed by atoms with Gasteiger partial charge in [-0.05, 0) is 43.6 Å². The fraction of sp³-hybridized carbons (Fsp3) is 0.387. The quantitative estimate of drug-likeness (QED) is 0.306. The number of para-hydroxylation sites is 1. The molecule has 1 fully saturated rings. The van der Waals surface area contributed by atoms with Crippen LogP contribution in [0.3, 0.4) is 0 Å². The number of aromatic amines is 1. The van der Waals surface area contributed by atoms with E-state index in [1.54, 1.807) is 6.20 Å². The van der Waals surface area contributed by atoms with Crippen LogP contribution in [0.15, 0.2) is 53.7 Å². The van der Waals surface area contributed by atoms with Gasteiger partial charge < -0.3 is 9.88 Å². The Bertz CT molecular complexity index is 1720. The summed E-state index contributed by atoms with van der Waals surface area (Å²) >= 11 is 0. The van der Waals surface area contributed by atoms with Crippen molar-refractivity contribution >= 4 is 26.5 Å². The summed E-state index contributed by atoms with van der Waals surface area (Å²) in [5.74, 6) is -1.22. The Balaban J connectivity index is 1.42. The van der Waals surface area contributed by atoms with Crippen molar-refractivity contribution in [1.29, 1.82) is 0 Å². The third-order valence-corrected chi connectivity index (χ3v) is 9.07. The molecule has 0 unspecified atom stereocenters. The van der Waals surface area contributed by atoms with Crippen LogP contribution in [-0.2, 0) is 27.5 Å². The highest BCUT2D eigenvalue weighted by molar-refractivity contribution is 7.90. The summed E-state index contributed by atoms with van der Waals surface area (Å²) < 4.78 is 53.9. The Kier molecular flexibility index (Phi) is 8.81. The maximum atomic E-state index is 15.1. The molecule has 1 N–H and O–H groups in total. The molecule has 0 radical (unpaired) electrons. The Morgan fingerprint density at radius 1 is 1.07 bits per heavy atom. The van der Waals surface area contributed by atoms with Gasteiger partial charge in [-0.2, -0.15) is 0 Å². The molecule has 0 amide bonds. The number of H-pyrrole nitrogens is 1. The lowest BCUT2D eigenvalue weighted by atomic mass is 9.98. The van der Waals surface area contributed by atoms with E-state index in [1.165, 1.54) is 18.2 Å². The van der Waals surface area contributed by atoms with Crippen LogP contribution in [-0.4, -0.2) is 84.5 Å². The summed E-state index contributed by atoms with van der Waals surface area (Å²) in [6.07, 6.45) is 5.52. The first-order valence-corrected chi connectivity index (χ1v) is 16.0.